The van der Waals surface area contributed by atoms with Crippen molar-refractivity contribution in [2.75, 3.05) is 6.54 Å². The number of amides is 1. The molecule has 5 nitrogen and oxygen atoms in total. The van der Waals surface area contributed by atoms with Crippen molar-refractivity contribution in [3.8, 4) is 5.75 Å². The van der Waals surface area contributed by atoms with Gasteiger partial charge < -0.3 is 15.5 Å². The zero-order chi connectivity index (χ0) is 13.3. The first-order chi connectivity index (χ1) is 8.44. The van der Waals surface area contributed by atoms with Crippen LogP contribution < -0.4 is 5.32 Å². The maximum atomic E-state index is 12.7. The summed E-state index contributed by atoms with van der Waals surface area (Å²) in [6, 6.07) is 3.04. The maximum absolute atomic E-state index is 12.7. The first-order valence-electron chi connectivity index (χ1n) is 5.45. The average Bonchev–Trinajstić information content (AvgIpc) is 3.07. The molecule has 1 fully saturated rings. The molecule has 0 heterocycles. The van der Waals surface area contributed by atoms with Crippen molar-refractivity contribution in [1.82, 2.24) is 5.32 Å². The van der Waals surface area contributed by atoms with Crippen LogP contribution in [0.15, 0.2) is 18.2 Å². The Balaban J connectivity index is 2.02. The van der Waals surface area contributed by atoms with Crippen molar-refractivity contribution in [3.05, 3.63) is 29.6 Å². The van der Waals surface area contributed by atoms with E-state index in [2.05, 4.69) is 5.32 Å². The van der Waals surface area contributed by atoms with Crippen LogP contribution in [-0.4, -0.2) is 28.6 Å². The van der Waals surface area contributed by atoms with Crippen molar-refractivity contribution in [3.63, 3.8) is 0 Å². The van der Waals surface area contributed by atoms with Crippen LogP contribution in [0.3, 0.4) is 0 Å². The van der Waals surface area contributed by atoms with E-state index >= 15 is 0 Å². The van der Waals surface area contributed by atoms with Gasteiger partial charge in [0.2, 0.25) is 0 Å². The van der Waals surface area contributed by atoms with E-state index in [1.807, 2.05) is 0 Å². The fraction of sp³-hybridized carbons (Fsp3) is 0.333. The third-order valence-corrected chi connectivity index (χ3v) is 3.10. The Morgan fingerprint density at radius 3 is 2.56 bits per heavy atom. The van der Waals surface area contributed by atoms with Gasteiger partial charge in [0, 0.05) is 12.6 Å². The molecule has 1 aliphatic rings. The lowest BCUT2D eigenvalue weighted by Crippen LogP contribution is -2.34. The topological polar surface area (TPSA) is 86.6 Å². The van der Waals surface area contributed by atoms with Gasteiger partial charge in [-0.3, -0.25) is 9.59 Å². The largest absolute Gasteiger partial charge is 0.507 e. The van der Waals surface area contributed by atoms with Crippen LogP contribution >= 0.6 is 0 Å². The Morgan fingerprint density at radius 1 is 1.39 bits per heavy atom. The van der Waals surface area contributed by atoms with Crippen molar-refractivity contribution in [1.29, 1.82) is 0 Å². The van der Waals surface area contributed by atoms with Crippen LogP contribution in [0.5, 0.6) is 5.75 Å². The monoisotopic (exact) mass is 253 g/mol. The Morgan fingerprint density at radius 2 is 2.06 bits per heavy atom. The molecule has 96 valence electrons. The first-order valence-corrected chi connectivity index (χ1v) is 5.45. The summed E-state index contributed by atoms with van der Waals surface area (Å²) in [7, 11) is 0. The fourth-order valence-corrected chi connectivity index (χ4v) is 1.66. The number of carbonyl (C=O) groups excluding carboxylic acids is 1. The summed E-state index contributed by atoms with van der Waals surface area (Å²) in [5, 5.41) is 20.8. The number of carboxylic acid groups (broad SMARTS) is 1. The summed E-state index contributed by atoms with van der Waals surface area (Å²) in [6.45, 7) is 0.0119. The van der Waals surface area contributed by atoms with E-state index in [9.17, 15) is 19.1 Å². The number of benzene rings is 1. The molecule has 6 heteroatoms. The lowest BCUT2D eigenvalue weighted by atomic mass is 10.1. The van der Waals surface area contributed by atoms with Gasteiger partial charge in [-0.1, -0.05) is 0 Å². The van der Waals surface area contributed by atoms with E-state index in [0.29, 0.717) is 12.8 Å². The highest BCUT2D eigenvalue weighted by atomic mass is 19.1. The van der Waals surface area contributed by atoms with Gasteiger partial charge in [-0.25, -0.2) is 4.39 Å². The van der Waals surface area contributed by atoms with Crippen LogP contribution in [-0.2, 0) is 4.79 Å². The van der Waals surface area contributed by atoms with Gasteiger partial charge in [-0.2, -0.15) is 0 Å². The number of nitrogens with one attached hydrogen (secondary N) is 1. The summed E-state index contributed by atoms with van der Waals surface area (Å²) in [6.07, 6.45) is 1.05. The molecule has 0 spiro atoms. The van der Waals surface area contributed by atoms with Crippen LogP contribution in [0.1, 0.15) is 23.2 Å². The number of rotatable bonds is 4. The summed E-state index contributed by atoms with van der Waals surface area (Å²) in [4.78, 5) is 22.6. The Labute approximate surface area is 102 Å². The summed E-state index contributed by atoms with van der Waals surface area (Å²) >= 11 is 0. The standard InChI is InChI=1S/C12H12FNO4/c13-7-1-2-8(9(15)5-7)10(16)14-6-12(3-4-12)11(17)18/h1-2,5,15H,3-4,6H2,(H,14,16)(H,17,18). The highest BCUT2D eigenvalue weighted by Crippen LogP contribution is 2.45. The summed E-state index contributed by atoms with van der Waals surface area (Å²) in [5.41, 5.74) is -0.941. The number of carbonyl (C=O) groups is 2. The first kappa shape index (κ1) is 12.3. The predicted octanol–water partition coefficient (Wildman–Crippen LogP) is 1.13. The number of hydrogen-bond donors (Lipinski definition) is 3. The molecule has 3 N–H and O–H groups in total. The second-order valence-electron chi connectivity index (χ2n) is 4.43. The average molecular weight is 253 g/mol. The quantitative estimate of drug-likeness (QED) is 0.750. The van der Waals surface area contributed by atoms with E-state index in [1.54, 1.807) is 0 Å². The lowest BCUT2D eigenvalue weighted by Gasteiger charge is -2.11. The molecule has 2 rings (SSSR count). The molecular formula is C12H12FNO4. The predicted molar refractivity (Wildman–Crippen MR) is 59.7 cm³/mol. The third kappa shape index (κ3) is 2.27. The smallest absolute Gasteiger partial charge is 0.311 e. The SMILES string of the molecule is O=C(NCC1(C(=O)O)CC1)c1ccc(F)cc1O. The van der Waals surface area contributed by atoms with E-state index in [4.69, 9.17) is 5.11 Å². The van der Waals surface area contributed by atoms with Crippen molar-refractivity contribution in [2.45, 2.75) is 12.8 Å². The molecule has 1 amide bonds. The zero-order valence-electron chi connectivity index (χ0n) is 9.44. The Bertz CT molecular complexity index is 511. The Kier molecular flexibility index (Phi) is 2.94. The minimum Gasteiger partial charge on any atom is -0.507 e. The molecule has 0 unspecified atom stereocenters. The number of aliphatic carboxylic acids is 1. The highest BCUT2D eigenvalue weighted by Gasteiger charge is 2.50. The molecule has 0 atom stereocenters. The van der Waals surface area contributed by atoms with Gasteiger partial charge in [0.05, 0.1) is 11.0 Å². The minimum atomic E-state index is -0.939. The van der Waals surface area contributed by atoms with E-state index in [1.165, 1.54) is 0 Å². The number of phenols is 1. The molecular weight excluding hydrogens is 241 g/mol. The van der Waals surface area contributed by atoms with Gasteiger partial charge in [0.25, 0.3) is 5.91 Å². The van der Waals surface area contributed by atoms with Crippen LogP contribution in [0.25, 0.3) is 0 Å². The molecule has 0 aliphatic heterocycles. The zero-order valence-corrected chi connectivity index (χ0v) is 9.44. The van der Waals surface area contributed by atoms with E-state index in [0.717, 1.165) is 18.2 Å². The molecule has 1 aromatic carbocycles. The van der Waals surface area contributed by atoms with Gasteiger partial charge in [-0.05, 0) is 25.0 Å². The normalized spacial score (nSPS) is 16.1. The van der Waals surface area contributed by atoms with Gasteiger partial charge >= 0.3 is 5.97 Å². The van der Waals surface area contributed by atoms with Gasteiger partial charge in [0.1, 0.15) is 11.6 Å². The van der Waals surface area contributed by atoms with E-state index < -0.39 is 28.9 Å². The molecule has 0 aromatic heterocycles. The van der Waals surface area contributed by atoms with E-state index in [-0.39, 0.29) is 12.1 Å². The molecule has 1 saturated carbocycles. The second-order valence-corrected chi connectivity index (χ2v) is 4.43. The van der Waals surface area contributed by atoms with Gasteiger partial charge in [-0.15, -0.1) is 0 Å². The number of halogens is 1. The Hall–Kier alpha value is -2.11. The molecule has 1 aromatic rings. The molecule has 0 radical (unpaired) electrons. The fourth-order valence-electron chi connectivity index (χ4n) is 1.66. The highest BCUT2D eigenvalue weighted by molar-refractivity contribution is 5.97. The third-order valence-electron chi connectivity index (χ3n) is 3.10. The van der Waals surface area contributed by atoms with Crippen molar-refractivity contribution in [2.24, 2.45) is 5.41 Å². The molecule has 18 heavy (non-hydrogen) atoms. The van der Waals surface area contributed by atoms with Gasteiger partial charge in [0.15, 0.2) is 0 Å². The second kappa shape index (κ2) is 4.29. The number of hydrogen-bond acceptors (Lipinski definition) is 3. The van der Waals surface area contributed by atoms with Crippen LogP contribution in [0.2, 0.25) is 0 Å². The van der Waals surface area contributed by atoms with Crippen LogP contribution in [0.4, 0.5) is 4.39 Å². The van der Waals surface area contributed by atoms with Crippen molar-refractivity contribution >= 4 is 11.9 Å². The number of phenolic OH excluding ortho intramolecular Hbond substituents is 1. The maximum Gasteiger partial charge on any atom is 0.311 e. The lowest BCUT2D eigenvalue weighted by molar-refractivity contribution is -0.143. The van der Waals surface area contributed by atoms with Crippen molar-refractivity contribution < 1.29 is 24.2 Å². The van der Waals surface area contributed by atoms with Crippen LogP contribution in [0, 0.1) is 11.2 Å². The number of carboxylic acids is 1. The molecule has 1 aliphatic carbocycles. The summed E-state index contributed by atoms with van der Waals surface area (Å²) < 4.78 is 12.7. The summed E-state index contributed by atoms with van der Waals surface area (Å²) in [5.74, 6) is -2.66. The molecule has 0 bridgehead atoms. The minimum absolute atomic E-state index is 0.0119. The number of aromatic hydroxyl groups is 1. The molecule has 0 saturated heterocycles.